The fourth-order valence-corrected chi connectivity index (χ4v) is 5.72. The summed E-state index contributed by atoms with van der Waals surface area (Å²) in [6.45, 7) is 15.6. The number of carbonyl (C=O) groups excluding carboxylic acids is 1. The minimum absolute atomic E-state index is 0.153. The summed E-state index contributed by atoms with van der Waals surface area (Å²) in [5, 5.41) is 3.06. The molecular formula is C26H41FN2O. The second-order valence-corrected chi connectivity index (χ2v) is 11.1. The fraction of sp³-hybridized carbons (Fsp3) is 0.731. The minimum Gasteiger partial charge on any atom is -0.349 e. The van der Waals surface area contributed by atoms with E-state index in [-0.39, 0.29) is 17.5 Å². The number of nitrogens with zero attached hydrogens (tertiary/aromatic N) is 1. The van der Waals surface area contributed by atoms with E-state index in [0.717, 1.165) is 37.5 Å². The summed E-state index contributed by atoms with van der Waals surface area (Å²) in [6.07, 6.45) is 5.62. The fourth-order valence-electron chi connectivity index (χ4n) is 5.72. The first-order valence-corrected chi connectivity index (χ1v) is 11.9. The van der Waals surface area contributed by atoms with E-state index in [0.29, 0.717) is 17.3 Å². The number of halogens is 1. The van der Waals surface area contributed by atoms with Crippen LogP contribution in [-0.2, 0) is 0 Å². The average Bonchev–Trinajstić information content (AvgIpc) is 2.67. The van der Waals surface area contributed by atoms with Gasteiger partial charge in [0, 0.05) is 25.7 Å². The molecule has 1 aromatic carbocycles. The Labute approximate surface area is 182 Å². The number of nitrogens with one attached hydrogen (secondary N) is 1. The number of piperidine rings is 1. The molecule has 0 bridgehead atoms. The first-order valence-electron chi connectivity index (χ1n) is 11.9. The van der Waals surface area contributed by atoms with Crippen molar-refractivity contribution in [1.29, 1.82) is 0 Å². The second-order valence-electron chi connectivity index (χ2n) is 11.1. The van der Waals surface area contributed by atoms with E-state index in [1.165, 1.54) is 32.1 Å². The van der Waals surface area contributed by atoms with Gasteiger partial charge in [0.05, 0.1) is 5.56 Å². The molecule has 2 aliphatic rings. The first kappa shape index (κ1) is 23.2. The van der Waals surface area contributed by atoms with Crippen LogP contribution in [0.2, 0.25) is 0 Å². The Hall–Kier alpha value is -1.42. The molecule has 2 atom stereocenters. The van der Waals surface area contributed by atoms with Gasteiger partial charge in [0.15, 0.2) is 0 Å². The van der Waals surface area contributed by atoms with Crippen LogP contribution in [0.15, 0.2) is 24.3 Å². The molecule has 3 nitrogen and oxygen atoms in total. The number of amides is 1. The van der Waals surface area contributed by atoms with Crippen LogP contribution in [0.4, 0.5) is 4.39 Å². The Balaban J connectivity index is 1.47. The SMILES string of the molecule is CC(CN1C[C@@H](C(C)C)CC(C)(C)C1)C1CCC(NC(=O)c2ccccc2F)CC1. The molecule has 1 N–H and O–H groups in total. The number of hydrogen-bond acceptors (Lipinski definition) is 2. The smallest absolute Gasteiger partial charge is 0.254 e. The van der Waals surface area contributed by atoms with Gasteiger partial charge in [-0.25, -0.2) is 4.39 Å². The lowest BCUT2D eigenvalue weighted by atomic mass is 9.73. The van der Waals surface area contributed by atoms with Crippen molar-refractivity contribution >= 4 is 5.91 Å². The summed E-state index contributed by atoms with van der Waals surface area (Å²) in [6, 6.07) is 6.40. The maximum atomic E-state index is 13.9. The minimum atomic E-state index is -0.443. The van der Waals surface area contributed by atoms with E-state index in [2.05, 4.69) is 44.8 Å². The lowest BCUT2D eigenvalue weighted by Crippen LogP contribution is -2.48. The molecule has 0 spiro atoms. The van der Waals surface area contributed by atoms with Gasteiger partial charge in [0.25, 0.3) is 5.91 Å². The zero-order valence-electron chi connectivity index (χ0n) is 19.6. The number of carbonyl (C=O) groups is 1. The lowest BCUT2D eigenvalue weighted by Gasteiger charge is -2.46. The van der Waals surface area contributed by atoms with E-state index in [1.807, 2.05) is 0 Å². The molecule has 4 heteroatoms. The van der Waals surface area contributed by atoms with E-state index in [9.17, 15) is 9.18 Å². The molecule has 1 unspecified atom stereocenters. The van der Waals surface area contributed by atoms with Crippen LogP contribution >= 0.6 is 0 Å². The van der Waals surface area contributed by atoms with Crippen molar-refractivity contribution in [1.82, 2.24) is 10.2 Å². The topological polar surface area (TPSA) is 32.3 Å². The van der Waals surface area contributed by atoms with Gasteiger partial charge < -0.3 is 10.2 Å². The zero-order chi connectivity index (χ0) is 21.9. The van der Waals surface area contributed by atoms with E-state index in [1.54, 1.807) is 18.2 Å². The van der Waals surface area contributed by atoms with Crippen LogP contribution in [0.25, 0.3) is 0 Å². The highest BCUT2D eigenvalue weighted by Gasteiger charge is 2.35. The quantitative estimate of drug-likeness (QED) is 0.640. The van der Waals surface area contributed by atoms with E-state index < -0.39 is 5.82 Å². The normalized spacial score (nSPS) is 28.3. The van der Waals surface area contributed by atoms with Crippen LogP contribution in [0.5, 0.6) is 0 Å². The highest BCUT2D eigenvalue weighted by Crippen LogP contribution is 2.37. The standard InChI is InChI=1S/C26H41FN2O/c1-18(2)21-14-26(4,5)17-29(16-21)15-19(3)20-10-12-22(13-11-20)28-25(30)23-8-6-7-9-24(23)27/h6-9,18-22H,10-17H2,1-5H3,(H,28,30)/t19?,20?,21-,22?/m0/s1. The molecule has 1 saturated carbocycles. The van der Waals surface area contributed by atoms with Gasteiger partial charge in [-0.05, 0) is 73.3 Å². The third-order valence-electron chi connectivity index (χ3n) is 7.48. The molecule has 1 amide bonds. The van der Waals surface area contributed by atoms with Crippen LogP contribution < -0.4 is 5.32 Å². The Bertz CT molecular complexity index is 709. The molecule has 0 radical (unpaired) electrons. The zero-order valence-corrected chi connectivity index (χ0v) is 19.6. The molecule has 1 aliphatic heterocycles. The molecule has 2 fully saturated rings. The molecule has 3 rings (SSSR count). The first-order chi connectivity index (χ1) is 14.1. The van der Waals surface area contributed by atoms with Crippen molar-refractivity contribution < 1.29 is 9.18 Å². The Morgan fingerprint density at radius 3 is 2.43 bits per heavy atom. The lowest BCUT2D eigenvalue weighted by molar-refractivity contribution is 0.0347. The second kappa shape index (κ2) is 9.80. The molecule has 0 aromatic heterocycles. The van der Waals surface area contributed by atoms with Crippen molar-refractivity contribution in [3.05, 3.63) is 35.6 Å². The van der Waals surface area contributed by atoms with Crippen molar-refractivity contribution in [3.63, 3.8) is 0 Å². The van der Waals surface area contributed by atoms with Crippen molar-refractivity contribution in [3.8, 4) is 0 Å². The van der Waals surface area contributed by atoms with Gasteiger partial charge in [-0.3, -0.25) is 4.79 Å². The summed E-state index contributed by atoms with van der Waals surface area (Å²) in [5.41, 5.74) is 0.557. The molecular weight excluding hydrogens is 375 g/mol. The maximum Gasteiger partial charge on any atom is 0.254 e. The van der Waals surface area contributed by atoms with Gasteiger partial charge in [0.2, 0.25) is 0 Å². The highest BCUT2D eigenvalue weighted by molar-refractivity contribution is 5.94. The predicted octanol–water partition coefficient (Wildman–Crippen LogP) is 5.75. The summed E-state index contributed by atoms with van der Waals surface area (Å²) >= 11 is 0. The summed E-state index contributed by atoms with van der Waals surface area (Å²) in [4.78, 5) is 15.1. The molecule has 1 saturated heterocycles. The van der Waals surface area contributed by atoms with Crippen LogP contribution in [0.3, 0.4) is 0 Å². The van der Waals surface area contributed by atoms with Gasteiger partial charge in [-0.2, -0.15) is 0 Å². The van der Waals surface area contributed by atoms with Gasteiger partial charge >= 0.3 is 0 Å². The Morgan fingerprint density at radius 2 is 1.80 bits per heavy atom. The number of rotatable bonds is 6. The van der Waals surface area contributed by atoms with Gasteiger partial charge in [-0.1, -0.05) is 46.8 Å². The number of hydrogen-bond donors (Lipinski definition) is 1. The number of likely N-dealkylation sites (tertiary alicyclic amines) is 1. The van der Waals surface area contributed by atoms with Crippen LogP contribution in [0.1, 0.15) is 77.1 Å². The van der Waals surface area contributed by atoms with Crippen molar-refractivity contribution in [2.24, 2.45) is 29.1 Å². The summed E-state index contributed by atoms with van der Waals surface area (Å²) in [5.74, 6) is 2.21. The Kier molecular flexibility index (Phi) is 7.60. The third-order valence-corrected chi connectivity index (χ3v) is 7.48. The average molecular weight is 417 g/mol. The van der Waals surface area contributed by atoms with Gasteiger partial charge in [-0.15, -0.1) is 0 Å². The third kappa shape index (κ3) is 6.06. The Morgan fingerprint density at radius 1 is 1.13 bits per heavy atom. The molecule has 1 aromatic rings. The van der Waals surface area contributed by atoms with Crippen molar-refractivity contribution in [2.45, 2.75) is 72.8 Å². The van der Waals surface area contributed by atoms with E-state index in [4.69, 9.17) is 0 Å². The molecule has 168 valence electrons. The summed E-state index contributed by atoms with van der Waals surface area (Å²) in [7, 11) is 0. The van der Waals surface area contributed by atoms with Crippen molar-refractivity contribution in [2.75, 3.05) is 19.6 Å². The predicted molar refractivity (Wildman–Crippen MR) is 122 cm³/mol. The number of benzene rings is 1. The maximum absolute atomic E-state index is 13.9. The van der Waals surface area contributed by atoms with Crippen LogP contribution in [0, 0.1) is 34.9 Å². The summed E-state index contributed by atoms with van der Waals surface area (Å²) < 4.78 is 13.9. The molecule has 1 heterocycles. The highest BCUT2D eigenvalue weighted by atomic mass is 19.1. The molecule has 1 aliphatic carbocycles. The van der Waals surface area contributed by atoms with E-state index >= 15 is 0 Å². The van der Waals surface area contributed by atoms with Gasteiger partial charge in [0.1, 0.15) is 5.82 Å². The largest absolute Gasteiger partial charge is 0.349 e. The monoisotopic (exact) mass is 416 g/mol. The molecule has 30 heavy (non-hydrogen) atoms. The van der Waals surface area contributed by atoms with Crippen LogP contribution in [-0.4, -0.2) is 36.5 Å².